The molecule has 2 fully saturated rings. The van der Waals surface area contributed by atoms with Gasteiger partial charge in [-0.05, 0) is 62.4 Å². The predicted molar refractivity (Wildman–Crippen MR) is 138 cm³/mol. The first-order valence-electron chi connectivity index (χ1n) is 13.3. The first kappa shape index (κ1) is 29.0. The van der Waals surface area contributed by atoms with Crippen molar-refractivity contribution >= 4 is 11.8 Å². The van der Waals surface area contributed by atoms with E-state index in [4.69, 9.17) is 4.74 Å². The Labute approximate surface area is 225 Å². The van der Waals surface area contributed by atoms with Crippen LogP contribution in [0.15, 0.2) is 48.7 Å². The lowest BCUT2D eigenvalue weighted by Gasteiger charge is -2.39. The molecule has 2 aliphatic rings. The molecule has 39 heavy (non-hydrogen) atoms. The van der Waals surface area contributed by atoms with Crippen molar-refractivity contribution in [2.45, 2.75) is 69.0 Å². The van der Waals surface area contributed by atoms with Crippen molar-refractivity contribution in [3.05, 3.63) is 65.5 Å². The van der Waals surface area contributed by atoms with E-state index in [0.29, 0.717) is 38.2 Å². The number of hydrogen-bond acceptors (Lipinski definition) is 6. The van der Waals surface area contributed by atoms with Crippen molar-refractivity contribution < 1.29 is 32.6 Å². The summed E-state index contributed by atoms with van der Waals surface area (Å²) in [4.78, 5) is 31.7. The lowest BCUT2D eigenvalue weighted by atomic mass is 9.79. The van der Waals surface area contributed by atoms with Crippen LogP contribution < -0.4 is 10.6 Å². The quantitative estimate of drug-likeness (QED) is 0.445. The third-order valence-electron chi connectivity index (χ3n) is 7.48. The zero-order chi connectivity index (χ0) is 28.0. The zero-order valence-electron chi connectivity index (χ0n) is 21.9. The average molecular weight is 549 g/mol. The zero-order valence-corrected chi connectivity index (χ0v) is 21.9. The van der Waals surface area contributed by atoms with Crippen LogP contribution in [0.3, 0.4) is 0 Å². The highest BCUT2D eigenvalue weighted by molar-refractivity contribution is 5.96. The maximum atomic E-state index is 13.0. The van der Waals surface area contributed by atoms with Crippen LogP contribution in [0, 0.1) is 0 Å². The van der Waals surface area contributed by atoms with Gasteiger partial charge in [-0.1, -0.05) is 19.1 Å². The molecule has 1 aliphatic heterocycles. The van der Waals surface area contributed by atoms with Gasteiger partial charge in [-0.3, -0.25) is 19.5 Å². The molecule has 1 aromatic carbocycles. The molecule has 212 valence electrons. The molecule has 2 heterocycles. The van der Waals surface area contributed by atoms with Gasteiger partial charge < -0.3 is 20.5 Å². The summed E-state index contributed by atoms with van der Waals surface area (Å²) in [6.07, 6.45) is 0.446. The van der Waals surface area contributed by atoms with Crippen molar-refractivity contribution in [2.75, 3.05) is 26.2 Å². The number of alkyl halides is 3. The first-order valence-corrected chi connectivity index (χ1v) is 13.3. The lowest BCUT2D eigenvalue weighted by Crippen LogP contribution is -2.48. The van der Waals surface area contributed by atoms with Gasteiger partial charge in [-0.25, -0.2) is 0 Å². The minimum atomic E-state index is -4.56. The Hall–Kier alpha value is -3.02. The molecular formula is C28H35F3N4O4. The summed E-state index contributed by atoms with van der Waals surface area (Å²) in [6.45, 7) is 3.37. The Morgan fingerprint density at radius 3 is 2.59 bits per heavy atom. The average Bonchev–Trinajstić information content (AvgIpc) is 3.33. The lowest BCUT2D eigenvalue weighted by molar-refractivity contribution is -0.137. The SMILES string of the molecule is CCCO[C@@H]1CN(C2CCC(O)(c3ccccn3)CC2)C[C@@H]1NC(=O)CNC(=O)c1cccc(C(F)(F)F)c1. The van der Waals surface area contributed by atoms with E-state index < -0.39 is 29.2 Å². The minimum Gasteiger partial charge on any atom is -0.384 e. The van der Waals surface area contributed by atoms with Gasteiger partial charge in [0.25, 0.3) is 5.91 Å². The van der Waals surface area contributed by atoms with Gasteiger partial charge in [0.2, 0.25) is 5.91 Å². The molecular weight excluding hydrogens is 513 g/mol. The fourth-order valence-corrected chi connectivity index (χ4v) is 5.37. The number of ether oxygens (including phenoxy) is 1. The number of hydrogen-bond donors (Lipinski definition) is 3. The monoisotopic (exact) mass is 548 g/mol. The number of benzene rings is 1. The van der Waals surface area contributed by atoms with E-state index in [-0.39, 0.29) is 30.3 Å². The third-order valence-corrected chi connectivity index (χ3v) is 7.48. The molecule has 11 heteroatoms. The number of carbonyl (C=O) groups excluding carboxylic acids is 2. The number of nitrogens with one attached hydrogen (secondary N) is 2. The molecule has 0 spiro atoms. The number of rotatable bonds is 9. The third kappa shape index (κ3) is 7.34. The normalized spacial score (nSPS) is 25.8. The molecule has 2 amide bonds. The van der Waals surface area contributed by atoms with E-state index in [1.807, 2.05) is 25.1 Å². The van der Waals surface area contributed by atoms with Crippen molar-refractivity contribution in [1.82, 2.24) is 20.5 Å². The highest BCUT2D eigenvalue weighted by Crippen LogP contribution is 2.38. The second-order valence-corrected chi connectivity index (χ2v) is 10.3. The molecule has 1 aliphatic carbocycles. The van der Waals surface area contributed by atoms with Crippen LogP contribution >= 0.6 is 0 Å². The molecule has 1 saturated carbocycles. The van der Waals surface area contributed by atoms with Gasteiger partial charge in [0.15, 0.2) is 0 Å². The number of likely N-dealkylation sites (tertiary alicyclic amines) is 1. The Kier molecular flexibility index (Phi) is 9.24. The summed E-state index contributed by atoms with van der Waals surface area (Å²) in [5, 5.41) is 16.5. The van der Waals surface area contributed by atoms with E-state index in [1.165, 1.54) is 6.07 Å². The maximum absolute atomic E-state index is 13.0. The smallest absolute Gasteiger partial charge is 0.384 e. The van der Waals surface area contributed by atoms with Crippen LogP contribution in [-0.2, 0) is 21.3 Å². The van der Waals surface area contributed by atoms with E-state index in [9.17, 15) is 27.9 Å². The molecule has 0 bridgehead atoms. The molecule has 4 rings (SSSR count). The van der Waals surface area contributed by atoms with Gasteiger partial charge in [-0.2, -0.15) is 13.2 Å². The molecule has 2 atom stereocenters. The summed E-state index contributed by atoms with van der Waals surface area (Å²) in [7, 11) is 0. The van der Waals surface area contributed by atoms with Gasteiger partial charge in [0.1, 0.15) is 5.60 Å². The Morgan fingerprint density at radius 2 is 1.92 bits per heavy atom. The van der Waals surface area contributed by atoms with E-state index >= 15 is 0 Å². The van der Waals surface area contributed by atoms with E-state index in [0.717, 1.165) is 37.5 Å². The summed E-state index contributed by atoms with van der Waals surface area (Å²) in [5.74, 6) is -1.20. The fourth-order valence-electron chi connectivity index (χ4n) is 5.37. The van der Waals surface area contributed by atoms with Crippen molar-refractivity contribution in [3.8, 4) is 0 Å². The largest absolute Gasteiger partial charge is 0.416 e. The van der Waals surface area contributed by atoms with Gasteiger partial charge in [0.05, 0.1) is 29.9 Å². The molecule has 3 N–H and O–H groups in total. The predicted octanol–water partition coefficient (Wildman–Crippen LogP) is 3.26. The number of pyridine rings is 1. The number of amides is 2. The summed E-state index contributed by atoms with van der Waals surface area (Å²) >= 11 is 0. The molecule has 8 nitrogen and oxygen atoms in total. The van der Waals surface area contributed by atoms with Crippen LogP contribution in [0.1, 0.15) is 60.6 Å². The highest BCUT2D eigenvalue weighted by atomic mass is 19.4. The Morgan fingerprint density at radius 1 is 1.15 bits per heavy atom. The summed E-state index contributed by atoms with van der Waals surface area (Å²) < 4.78 is 44.9. The van der Waals surface area contributed by atoms with Crippen LogP contribution in [0.2, 0.25) is 0 Å². The Bertz CT molecular complexity index is 1120. The maximum Gasteiger partial charge on any atom is 0.416 e. The second kappa shape index (κ2) is 12.4. The van der Waals surface area contributed by atoms with Crippen LogP contribution in [0.5, 0.6) is 0 Å². The van der Waals surface area contributed by atoms with E-state index in [1.54, 1.807) is 6.20 Å². The van der Waals surface area contributed by atoms with Crippen LogP contribution in [0.4, 0.5) is 13.2 Å². The van der Waals surface area contributed by atoms with Gasteiger partial charge in [-0.15, -0.1) is 0 Å². The van der Waals surface area contributed by atoms with Crippen LogP contribution in [-0.4, -0.2) is 71.2 Å². The van der Waals surface area contributed by atoms with Crippen molar-refractivity contribution in [1.29, 1.82) is 0 Å². The number of aliphatic hydroxyl groups is 1. The topological polar surface area (TPSA) is 104 Å². The minimum absolute atomic E-state index is 0.170. The molecule has 0 radical (unpaired) electrons. The number of carbonyl (C=O) groups is 2. The molecule has 1 saturated heterocycles. The molecule has 2 aromatic rings. The number of halogens is 3. The second-order valence-electron chi connectivity index (χ2n) is 10.3. The van der Waals surface area contributed by atoms with Crippen LogP contribution in [0.25, 0.3) is 0 Å². The number of nitrogens with zero attached hydrogens (tertiary/aromatic N) is 2. The van der Waals surface area contributed by atoms with E-state index in [2.05, 4.69) is 20.5 Å². The van der Waals surface area contributed by atoms with Crippen molar-refractivity contribution in [3.63, 3.8) is 0 Å². The summed E-state index contributed by atoms with van der Waals surface area (Å²) in [6, 6.07) is 9.54. The standard InChI is InChI=1S/C28H35F3N4O4/c1-2-14-39-23-18-35(21-9-11-27(38,12-10-21)24-8-3-4-13-32-24)17-22(23)34-25(36)16-33-26(37)19-6-5-7-20(15-19)28(29,30)31/h3-8,13,15,21-23,38H,2,9-12,14,16-18H2,1H3,(H,33,37)(H,34,36)/t21?,22-,23+,27?/m0/s1. The first-order chi connectivity index (χ1) is 18.6. The van der Waals surface area contributed by atoms with Gasteiger partial charge in [0, 0.05) is 37.5 Å². The summed E-state index contributed by atoms with van der Waals surface area (Å²) in [5.41, 5.74) is -1.35. The van der Waals surface area contributed by atoms with Crippen molar-refractivity contribution in [2.24, 2.45) is 0 Å². The highest BCUT2D eigenvalue weighted by Gasteiger charge is 2.42. The fraction of sp³-hybridized carbons (Fsp3) is 0.536. The molecule has 0 unspecified atom stereocenters. The molecule has 1 aromatic heterocycles. The van der Waals surface area contributed by atoms with Gasteiger partial charge >= 0.3 is 6.18 Å². The number of aromatic nitrogens is 1. The Balaban J connectivity index is 1.31.